The number of carbonyl (C=O) groups is 1. The number of hydrogen-bond donors (Lipinski definition) is 2. The van der Waals surface area contributed by atoms with Crippen molar-refractivity contribution >= 4 is 21.6 Å². The molecule has 2 rings (SSSR count). The predicted octanol–water partition coefficient (Wildman–Crippen LogP) is 1.05. The van der Waals surface area contributed by atoms with Gasteiger partial charge in [0.05, 0.1) is 17.5 Å². The van der Waals surface area contributed by atoms with Crippen LogP contribution in [0.3, 0.4) is 0 Å². The monoisotopic (exact) mass is 309 g/mol. The van der Waals surface area contributed by atoms with E-state index in [9.17, 15) is 17.6 Å². The largest absolute Gasteiger partial charge is 0.326 e. The Balaban J connectivity index is 2.01. The zero-order chi connectivity index (χ0) is 15.5. The highest BCUT2D eigenvalue weighted by atomic mass is 32.2. The van der Waals surface area contributed by atoms with Crippen LogP contribution in [0.4, 0.5) is 10.1 Å². The Hall–Kier alpha value is -2.32. The van der Waals surface area contributed by atoms with Crippen LogP contribution in [0.2, 0.25) is 0 Å². The van der Waals surface area contributed by atoms with Gasteiger partial charge in [0.2, 0.25) is 15.9 Å². The molecule has 1 amide bonds. The summed E-state index contributed by atoms with van der Waals surface area (Å²) in [5.41, 5.74) is 0.851. The molecule has 0 bridgehead atoms. The van der Waals surface area contributed by atoms with Gasteiger partial charge in [0.15, 0.2) is 0 Å². The van der Waals surface area contributed by atoms with Crippen LogP contribution < -0.4 is 10.5 Å². The minimum Gasteiger partial charge on any atom is -0.326 e. The van der Waals surface area contributed by atoms with Crippen molar-refractivity contribution in [3.05, 3.63) is 54.1 Å². The van der Waals surface area contributed by atoms with Gasteiger partial charge in [-0.05, 0) is 36.4 Å². The summed E-state index contributed by atoms with van der Waals surface area (Å²) >= 11 is 0. The van der Waals surface area contributed by atoms with Crippen molar-refractivity contribution in [1.82, 2.24) is 4.98 Å². The van der Waals surface area contributed by atoms with Gasteiger partial charge in [-0.2, -0.15) is 0 Å². The molecule has 110 valence electrons. The molecule has 0 saturated carbocycles. The van der Waals surface area contributed by atoms with Crippen molar-refractivity contribution in [2.75, 3.05) is 5.32 Å². The number of nitrogens with two attached hydrogens (primary N) is 1. The lowest BCUT2D eigenvalue weighted by atomic mass is 10.2. The number of halogens is 1. The van der Waals surface area contributed by atoms with E-state index in [1.807, 2.05) is 0 Å². The molecule has 0 unspecified atom stereocenters. The molecule has 0 aliphatic rings. The summed E-state index contributed by atoms with van der Waals surface area (Å²) in [6.45, 7) is 0. The van der Waals surface area contributed by atoms with E-state index < -0.39 is 15.8 Å². The first kappa shape index (κ1) is 15.1. The minimum absolute atomic E-state index is 0.0166. The van der Waals surface area contributed by atoms with E-state index in [4.69, 9.17) is 5.14 Å². The number of rotatable bonds is 4. The van der Waals surface area contributed by atoms with E-state index in [-0.39, 0.29) is 17.2 Å². The molecular formula is C13H12FN3O3S. The van der Waals surface area contributed by atoms with E-state index in [0.29, 0.717) is 11.4 Å². The third kappa shape index (κ3) is 4.33. The Kier molecular flexibility index (Phi) is 4.29. The second-order valence-corrected chi connectivity index (χ2v) is 5.82. The van der Waals surface area contributed by atoms with Gasteiger partial charge in [-0.15, -0.1) is 0 Å². The van der Waals surface area contributed by atoms with E-state index >= 15 is 0 Å². The van der Waals surface area contributed by atoms with E-state index in [0.717, 1.165) is 6.20 Å². The van der Waals surface area contributed by atoms with Gasteiger partial charge in [-0.25, -0.2) is 17.9 Å². The lowest BCUT2D eigenvalue weighted by Crippen LogP contribution is -2.16. The van der Waals surface area contributed by atoms with Crippen molar-refractivity contribution in [2.24, 2.45) is 5.14 Å². The molecule has 0 radical (unpaired) electrons. The van der Waals surface area contributed by atoms with Crippen LogP contribution in [0.5, 0.6) is 0 Å². The van der Waals surface area contributed by atoms with Crippen molar-refractivity contribution in [2.45, 2.75) is 11.3 Å². The number of sulfonamides is 1. The molecule has 0 saturated heterocycles. The Labute approximate surface area is 120 Å². The molecule has 2 aromatic rings. The normalized spacial score (nSPS) is 11.1. The zero-order valence-corrected chi connectivity index (χ0v) is 11.6. The third-order valence-corrected chi connectivity index (χ3v) is 3.53. The molecular weight excluding hydrogens is 297 g/mol. The number of nitrogens with zero attached hydrogens (tertiary/aromatic N) is 1. The molecule has 8 heteroatoms. The van der Waals surface area contributed by atoms with Gasteiger partial charge in [-0.3, -0.25) is 9.78 Å². The summed E-state index contributed by atoms with van der Waals surface area (Å²) in [5.74, 6) is -0.824. The number of carbonyl (C=O) groups excluding carboxylic acids is 1. The second kappa shape index (κ2) is 5.98. The summed E-state index contributed by atoms with van der Waals surface area (Å²) in [5, 5.41) is 7.54. The highest BCUT2D eigenvalue weighted by Gasteiger charge is 2.09. The Bertz CT molecular complexity index is 743. The number of benzene rings is 1. The topological polar surface area (TPSA) is 102 Å². The number of hydrogen-bond acceptors (Lipinski definition) is 4. The standard InChI is InChI=1S/C13H12FN3O3S/c14-9-1-2-11(16-8-9)7-13(18)17-10-3-5-12(6-4-10)21(15,19)20/h1-6,8H,7H2,(H,17,18)(H2,15,19,20). The first-order chi connectivity index (χ1) is 9.84. The number of pyridine rings is 1. The van der Waals surface area contributed by atoms with Crippen molar-refractivity contribution in [1.29, 1.82) is 0 Å². The second-order valence-electron chi connectivity index (χ2n) is 4.26. The van der Waals surface area contributed by atoms with Gasteiger partial charge in [0, 0.05) is 11.4 Å². The summed E-state index contributed by atoms with van der Waals surface area (Å²) in [6.07, 6.45) is 1.01. The quantitative estimate of drug-likeness (QED) is 0.881. The molecule has 0 fully saturated rings. The first-order valence-corrected chi connectivity index (χ1v) is 7.42. The number of amides is 1. The van der Waals surface area contributed by atoms with Crippen LogP contribution in [0, 0.1) is 5.82 Å². The van der Waals surface area contributed by atoms with Gasteiger partial charge in [0.25, 0.3) is 0 Å². The highest BCUT2D eigenvalue weighted by molar-refractivity contribution is 7.89. The maximum atomic E-state index is 12.7. The third-order valence-electron chi connectivity index (χ3n) is 2.60. The summed E-state index contributed by atoms with van der Waals surface area (Å²) in [6, 6.07) is 8.07. The molecule has 21 heavy (non-hydrogen) atoms. The smallest absolute Gasteiger partial charge is 0.238 e. The fourth-order valence-electron chi connectivity index (χ4n) is 1.61. The molecule has 0 aliphatic carbocycles. The van der Waals surface area contributed by atoms with Crippen molar-refractivity contribution in [3.63, 3.8) is 0 Å². The Morgan fingerprint density at radius 1 is 1.19 bits per heavy atom. The van der Waals surface area contributed by atoms with Gasteiger partial charge >= 0.3 is 0 Å². The van der Waals surface area contributed by atoms with Crippen LogP contribution >= 0.6 is 0 Å². The maximum Gasteiger partial charge on any atom is 0.238 e. The molecule has 0 atom stereocenters. The molecule has 1 aromatic heterocycles. The fraction of sp³-hybridized carbons (Fsp3) is 0.0769. The Morgan fingerprint density at radius 2 is 1.86 bits per heavy atom. The maximum absolute atomic E-state index is 12.7. The molecule has 0 spiro atoms. The molecule has 6 nitrogen and oxygen atoms in total. The first-order valence-electron chi connectivity index (χ1n) is 5.88. The molecule has 1 heterocycles. The van der Waals surface area contributed by atoms with Crippen LogP contribution in [0.25, 0.3) is 0 Å². The predicted molar refractivity (Wildman–Crippen MR) is 74.3 cm³/mol. The number of primary sulfonamides is 1. The zero-order valence-electron chi connectivity index (χ0n) is 10.8. The Morgan fingerprint density at radius 3 is 2.38 bits per heavy atom. The summed E-state index contributed by atoms with van der Waals surface area (Å²) in [7, 11) is -3.76. The molecule has 3 N–H and O–H groups in total. The number of nitrogens with one attached hydrogen (secondary N) is 1. The van der Waals surface area contributed by atoms with Crippen LogP contribution in [-0.4, -0.2) is 19.3 Å². The SMILES string of the molecule is NS(=O)(=O)c1ccc(NC(=O)Cc2ccc(F)cn2)cc1. The lowest BCUT2D eigenvalue weighted by Gasteiger charge is -2.06. The van der Waals surface area contributed by atoms with Crippen LogP contribution in [0.15, 0.2) is 47.5 Å². The van der Waals surface area contributed by atoms with Crippen LogP contribution in [0.1, 0.15) is 5.69 Å². The highest BCUT2D eigenvalue weighted by Crippen LogP contribution is 2.13. The average molecular weight is 309 g/mol. The van der Waals surface area contributed by atoms with Crippen molar-refractivity contribution < 1.29 is 17.6 Å². The summed E-state index contributed by atoms with van der Waals surface area (Å²) < 4.78 is 34.9. The van der Waals surface area contributed by atoms with Crippen LogP contribution in [-0.2, 0) is 21.2 Å². The summed E-state index contributed by atoms with van der Waals surface area (Å²) in [4.78, 5) is 15.5. The number of anilines is 1. The van der Waals surface area contributed by atoms with Crippen molar-refractivity contribution in [3.8, 4) is 0 Å². The van der Waals surface area contributed by atoms with E-state index in [1.165, 1.54) is 36.4 Å². The van der Waals surface area contributed by atoms with Gasteiger partial charge in [-0.1, -0.05) is 0 Å². The molecule has 0 aliphatic heterocycles. The number of aromatic nitrogens is 1. The minimum atomic E-state index is -3.76. The molecule has 1 aromatic carbocycles. The van der Waals surface area contributed by atoms with E-state index in [2.05, 4.69) is 10.3 Å². The van der Waals surface area contributed by atoms with Gasteiger partial charge in [0.1, 0.15) is 5.82 Å². The van der Waals surface area contributed by atoms with E-state index in [1.54, 1.807) is 0 Å². The van der Waals surface area contributed by atoms with Gasteiger partial charge < -0.3 is 5.32 Å². The lowest BCUT2D eigenvalue weighted by molar-refractivity contribution is -0.115. The average Bonchev–Trinajstić information content (AvgIpc) is 2.41. The fourth-order valence-corrected chi connectivity index (χ4v) is 2.12.